The molecule has 1 aromatic heterocycles. The third-order valence-electron chi connectivity index (χ3n) is 6.60. The van der Waals surface area contributed by atoms with Crippen molar-refractivity contribution in [1.82, 2.24) is 9.97 Å². The molecule has 0 radical (unpaired) electrons. The van der Waals surface area contributed by atoms with E-state index in [-0.39, 0.29) is 5.56 Å². The van der Waals surface area contributed by atoms with E-state index in [9.17, 15) is 20.1 Å². The van der Waals surface area contributed by atoms with Crippen LogP contribution in [0.15, 0.2) is 92.7 Å². The zero-order chi connectivity index (χ0) is 31.1. The topological polar surface area (TPSA) is 154 Å². The highest BCUT2D eigenvalue weighted by Crippen LogP contribution is 2.27. The van der Waals surface area contributed by atoms with Gasteiger partial charge >= 0.3 is 0 Å². The Balaban J connectivity index is 1.24. The summed E-state index contributed by atoms with van der Waals surface area (Å²) in [5, 5.41) is 19.8. The van der Waals surface area contributed by atoms with Crippen molar-refractivity contribution in [2.45, 2.75) is 16.7 Å². The Bertz CT molecular complexity index is 1890. The Morgan fingerprint density at radius 1 is 0.795 bits per heavy atom. The van der Waals surface area contributed by atoms with Crippen molar-refractivity contribution in [3.63, 3.8) is 0 Å². The second-order valence-corrected chi connectivity index (χ2v) is 11.3. The molecule has 1 amide bonds. The smallest absolute Gasteiger partial charge is 0.271 e. The van der Waals surface area contributed by atoms with Crippen LogP contribution >= 0.6 is 23.5 Å². The van der Waals surface area contributed by atoms with Gasteiger partial charge in [0, 0.05) is 17.1 Å². The highest BCUT2D eigenvalue weighted by molar-refractivity contribution is 8.13. The summed E-state index contributed by atoms with van der Waals surface area (Å²) in [4.78, 5) is 41.0. The van der Waals surface area contributed by atoms with Gasteiger partial charge in [-0.3, -0.25) is 9.59 Å². The quantitative estimate of drug-likeness (QED) is 0.192. The number of nitriles is 2. The SMILES string of the molecule is COc1ccc(C2=NC(SCc3ccc(CSc4nc(-c5ccc(OC)cc5)c(C#N)c(=O)[nH]4)cc3)=NC(=O)C2C#N)cc1. The van der Waals surface area contributed by atoms with Crippen LogP contribution in [0.3, 0.4) is 0 Å². The molecule has 2 heterocycles. The van der Waals surface area contributed by atoms with Gasteiger partial charge in [-0.15, -0.1) is 0 Å². The van der Waals surface area contributed by atoms with E-state index in [1.165, 1.54) is 23.5 Å². The van der Waals surface area contributed by atoms with Gasteiger partial charge in [0.25, 0.3) is 11.5 Å². The molecule has 4 aromatic rings. The second kappa shape index (κ2) is 13.9. The number of rotatable bonds is 9. The molecule has 1 aliphatic heterocycles. The summed E-state index contributed by atoms with van der Waals surface area (Å²) in [6, 6.07) is 25.9. The van der Waals surface area contributed by atoms with Gasteiger partial charge in [-0.2, -0.15) is 15.5 Å². The molecule has 12 heteroatoms. The summed E-state index contributed by atoms with van der Waals surface area (Å²) >= 11 is 2.67. The Labute approximate surface area is 261 Å². The van der Waals surface area contributed by atoms with E-state index in [0.717, 1.165) is 11.1 Å². The van der Waals surface area contributed by atoms with Gasteiger partial charge in [0.1, 0.15) is 23.1 Å². The fraction of sp³-hybridized carbons (Fsp3) is 0.156. The summed E-state index contributed by atoms with van der Waals surface area (Å²) < 4.78 is 10.4. The number of ether oxygens (including phenoxy) is 2. The Morgan fingerprint density at radius 3 is 1.91 bits per heavy atom. The summed E-state index contributed by atoms with van der Waals surface area (Å²) in [7, 11) is 3.13. The maximum atomic E-state index is 12.6. The number of methoxy groups -OCH3 is 2. The van der Waals surface area contributed by atoms with Crippen molar-refractivity contribution >= 4 is 40.3 Å². The molecule has 0 fully saturated rings. The number of amidine groups is 1. The fourth-order valence-corrected chi connectivity index (χ4v) is 5.88. The van der Waals surface area contributed by atoms with Crippen LogP contribution in [0.4, 0.5) is 0 Å². The number of aromatic nitrogens is 2. The van der Waals surface area contributed by atoms with Gasteiger partial charge in [-0.1, -0.05) is 47.8 Å². The molecule has 0 saturated heterocycles. The lowest BCUT2D eigenvalue weighted by Gasteiger charge is -2.16. The Morgan fingerprint density at radius 2 is 1.36 bits per heavy atom. The largest absolute Gasteiger partial charge is 0.497 e. The number of hydrogen-bond acceptors (Lipinski definition) is 10. The van der Waals surface area contributed by atoms with Gasteiger partial charge < -0.3 is 14.5 Å². The van der Waals surface area contributed by atoms with Crippen LogP contribution in [0.25, 0.3) is 11.3 Å². The number of aliphatic imine (C=N–C) groups is 2. The van der Waals surface area contributed by atoms with Crippen molar-refractivity contribution in [3.8, 4) is 34.9 Å². The van der Waals surface area contributed by atoms with Gasteiger partial charge in [0.05, 0.1) is 31.7 Å². The van der Waals surface area contributed by atoms with Crippen LogP contribution in [0.1, 0.15) is 22.3 Å². The number of nitrogens with zero attached hydrogens (tertiary/aromatic N) is 5. The van der Waals surface area contributed by atoms with Crippen molar-refractivity contribution in [2.75, 3.05) is 14.2 Å². The van der Waals surface area contributed by atoms with Crippen LogP contribution in [-0.4, -0.2) is 41.0 Å². The van der Waals surface area contributed by atoms with Crippen LogP contribution in [0.5, 0.6) is 11.5 Å². The molecule has 0 aliphatic carbocycles. The maximum absolute atomic E-state index is 12.6. The standard InChI is InChI=1S/C32H24N6O4S2/c1-41-23-11-7-21(8-12-23)27-25(15-33)29(39)37-31(35-27)43-17-19-3-5-20(6-4-19)18-44-32-36-28(26(16-34)30(40)38-32)22-9-13-24(42-2)14-10-22/h3-14,25H,17-18H2,1-2H3,(H,36,38,40). The molecule has 5 rings (SSSR count). The number of nitrogens with one attached hydrogen (secondary N) is 1. The monoisotopic (exact) mass is 620 g/mol. The molecule has 44 heavy (non-hydrogen) atoms. The normalized spacial score (nSPS) is 14.2. The number of thioether (sulfide) groups is 2. The summed E-state index contributed by atoms with van der Waals surface area (Å²) in [5.41, 5.74) is 3.45. The Kier molecular flexibility index (Phi) is 9.55. The highest BCUT2D eigenvalue weighted by Gasteiger charge is 2.30. The van der Waals surface area contributed by atoms with Crippen LogP contribution < -0.4 is 15.0 Å². The lowest BCUT2D eigenvalue weighted by Crippen LogP contribution is -2.27. The lowest BCUT2D eigenvalue weighted by molar-refractivity contribution is -0.118. The van der Waals surface area contributed by atoms with Gasteiger partial charge in [0.2, 0.25) is 0 Å². The number of amides is 1. The minimum atomic E-state index is -1.06. The number of aromatic amines is 1. The molecule has 1 unspecified atom stereocenters. The van der Waals surface area contributed by atoms with Crippen molar-refractivity contribution in [1.29, 1.82) is 10.5 Å². The first-order chi connectivity index (χ1) is 21.4. The zero-order valence-electron chi connectivity index (χ0n) is 23.6. The van der Waals surface area contributed by atoms with Gasteiger partial charge in [-0.25, -0.2) is 9.98 Å². The molecule has 0 saturated carbocycles. The number of benzene rings is 3. The van der Waals surface area contributed by atoms with Crippen molar-refractivity contribution in [2.24, 2.45) is 15.9 Å². The Hall–Kier alpha value is -5.17. The molecule has 218 valence electrons. The summed E-state index contributed by atoms with van der Waals surface area (Å²) in [6.07, 6.45) is 0. The molecule has 10 nitrogen and oxygen atoms in total. The minimum Gasteiger partial charge on any atom is -0.497 e. The first-order valence-corrected chi connectivity index (χ1v) is 15.2. The predicted octanol–water partition coefficient (Wildman–Crippen LogP) is 5.38. The van der Waals surface area contributed by atoms with E-state index in [0.29, 0.717) is 55.9 Å². The first kappa shape index (κ1) is 30.3. The van der Waals surface area contributed by atoms with Crippen molar-refractivity contribution in [3.05, 3.63) is 105 Å². The molecular formula is C32H24N6O4S2. The number of hydrogen-bond donors (Lipinski definition) is 1. The highest BCUT2D eigenvalue weighted by atomic mass is 32.2. The first-order valence-electron chi connectivity index (χ1n) is 13.2. The van der Waals surface area contributed by atoms with E-state index in [4.69, 9.17) is 9.47 Å². The van der Waals surface area contributed by atoms with E-state index in [1.807, 2.05) is 36.4 Å². The molecule has 1 atom stereocenters. The summed E-state index contributed by atoms with van der Waals surface area (Å²) in [5.74, 6) is 0.787. The molecule has 3 aromatic carbocycles. The van der Waals surface area contributed by atoms with Crippen LogP contribution in [0.2, 0.25) is 0 Å². The molecular weight excluding hydrogens is 597 g/mol. The molecule has 1 N–H and O–H groups in total. The van der Waals surface area contributed by atoms with E-state index in [2.05, 4.69) is 20.0 Å². The number of H-pyrrole nitrogens is 1. The zero-order valence-corrected chi connectivity index (χ0v) is 25.2. The minimum absolute atomic E-state index is 0.0470. The predicted molar refractivity (Wildman–Crippen MR) is 170 cm³/mol. The molecule has 0 spiro atoms. The fourth-order valence-electron chi connectivity index (χ4n) is 4.26. The molecule has 1 aliphatic rings. The third kappa shape index (κ3) is 6.89. The average Bonchev–Trinajstić information content (AvgIpc) is 3.06. The van der Waals surface area contributed by atoms with Gasteiger partial charge in [0.15, 0.2) is 16.2 Å². The van der Waals surface area contributed by atoms with Crippen molar-refractivity contribution < 1.29 is 14.3 Å². The third-order valence-corrected chi connectivity index (χ3v) is 8.46. The number of carbonyl (C=O) groups is 1. The average molecular weight is 621 g/mol. The van der Waals surface area contributed by atoms with Crippen LogP contribution in [-0.2, 0) is 16.3 Å². The lowest BCUT2D eigenvalue weighted by atomic mass is 9.96. The maximum Gasteiger partial charge on any atom is 0.271 e. The number of carbonyl (C=O) groups excluding carboxylic acids is 1. The van der Waals surface area contributed by atoms with E-state index in [1.54, 1.807) is 62.8 Å². The molecule has 0 bridgehead atoms. The van der Waals surface area contributed by atoms with Crippen LogP contribution in [0, 0.1) is 28.6 Å². The van der Waals surface area contributed by atoms with E-state index < -0.39 is 17.4 Å². The summed E-state index contributed by atoms with van der Waals surface area (Å²) in [6.45, 7) is 0. The van der Waals surface area contributed by atoms with Gasteiger partial charge in [-0.05, 0) is 65.2 Å². The second-order valence-electron chi connectivity index (χ2n) is 9.35. The van der Waals surface area contributed by atoms with E-state index >= 15 is 0 Å².